The van der Waals surface area contributed by atoms with E-state index in [0.717, 1.165) is 11.3 Å². The van der Waals surface area contributed by atoms with E-state index in [0.29, 0.717) is 5.92 Å². The number of carbonyl (C=O) groups is 1. The third-order valence-corrected chi connectivity index (χ3v) is 3.20. The van der Waals surface area contributed by atoms with E-state index in [-0.39, 0.29) is 0 Å². The predicted octanol–water partition coefficient (Wildman–Crippen LogP) is 2.91. The zero-order chi connectivity index (χ0) is 11.4. The molecule has 2 atom stereocenters. The van der Waals surface area contributed by atoms with Gasteiger partial charge in [0.15, 0.2) is 0 Å². The van der Waals surface area contributed by atoms with Crippen LogP contribution in [0.1, 0.15) is 36.8 Å². The second-order valence-electron chi connectivity index (χ2n) is 3.81. The van der Waals surface area contributed by atoms with E-state index in [4.69, 9.17) is 5.11 Å². The lowest BCUT2D eigenvalue weighted by atomic mass is 9.96. The topological polar surface area (TPSA) is 37.3 Å². The van der Waals surface area contributed by atoms with Crippen LogP contribution in [0.25, 0.3) is 0 Å². The fraction of sp³-hybridized carbons (Fsp3) is 0.417. The van der Waals surface area contributed by atoms with Crippen LogP contribution in [0.2, 0.25) is 0 Å². The van der Waals surface area contributed by atoms with Crippen molar-refractivity contribution in [2.45, 2.75) is 25.7 Å². The molecule has 3 heteroatoms. The van der Waals surface area contributed by atoms with E-state index in [2.05, 4.69) is 19.6 Å². The van der Waals surface area contributed by atoms with Crippen molar-refractivity contribution in [1.29, 1.82) is 0 Å². The van der Waals surface area contributed by atoms with E-state index < -0.39 is 11.9 Å². The number of carboxylic acids is 1. The van der Waals surface area contributed by atoms with Gasteiger partial charge in [0.25, 0.3) is 0 Å². The molecule has 1 N–H and O–H groups in total. The van der Waals surface area contributed by atoms with Crippen LogP contribution in [-0.4, -0.2) is 16.8 Å². The Morgan fingerprint density at radius 3 is 2.13 bits per heavy atom. The van der Waals surface area contributed by atoms with Crippen LogP contribution in [0.4, 0.5) is 0 Å². The smallest absolute Gasteiger partial charge is 0.310 e. The molecule has 0 aromatic heterocycles. The number of aliphatic carboxylic acids is 1. The van der Waals surface area contributed by atoms with Crippen molar-refractivity contribution in [3.63, 3.8) is 0 Å². The maximum atomic E-state index is 10.8. The lowest BCUT2D eigenvalue weighted by Crippen LogP contribution is -2.07. The highest BCUT2D eigenvalue weighted by molar-refractivity contribution is 7.80. The number of hydrogen-bond donors (Lipinski definition) is 2. The van der Waals surface area contributed by atoms with Gasteiger partial charge in [0.1, 0.15) is 0 Å². The average molecular weight is 224 g/mol. The zero-order valence-corrected chi connectivity index (χ0v) is 9.87. The Hall–Kier alpha value is -0.960. The molecular formula is C12H16O2S. The van der Waals surface area contributed by atoms with E-state index in [1.807, 2.05) is 24.3 Å². The summed E-state index contributed by atoms with van der Waals surface area (Å²) >= 11 is 4.23. The summed E-state index contributed by atoms with van der Waals surface area (Å²) in [4.78, 5) is 10.8. The Kier molecular flexibility index (Phi) is 4.21. The first-order valence-corrected chi connectivity index (χ1v) is 5.63. The summed E-state index contributed by atoms with van der Waals surface area (Å²) in [5.74, 6) is -0.0220. The third-order valence-electron chi connectivity index (χ3n) is 2.65. The number of hydrogen-bond acceptors (Lipinski definition) is 2. The molecule has 1 rings (SSSR count). The molecule has 1 aromatic carbocycles. The minimum absolute atomic E-state index is 0.405. The molecule has 0 amide bonds. The van der Waals surface area contributed by atoms with Crippen LogP contribution in [0, 0.1) is 0 Å². The zero-order valence-electron chi connectivity index (χ0n) is 8.97. The number of carboxylic acid groups (broad SMARTS) is 1. The summed E-state index contributed by atoms with van der Waals surface area (Å²) in [6.07, 6.45) is 0. The highest BCUT2D eigenvalue weighted by Gasteiger charge is 2.13. The SMILES string of the molecule is CC(CS)c1ccc(C(C)C(=O)O)cc1. The van der Waals surface area contributed by atoms with Crippen LogP contribution in [0.5, 0.6) is 0 Å². The molecular weight excluding hydrogens is 208 g/mol. The van der Waals surface area contributed by atoms with Gasteiger partial charge in [0.05, 0.1) is 5.92 Å². The molecule has 0 fully saturated rings. The second-order valence-corrected chi connectivity index (χ2v) is 4.18. The third kappa shape index (κ3) is 2.99. The first-order chi connectivity index (χ1) is 7.06. The van der Waals surface area contributed by atoms with Crippen LogP contribution in [0.3, 0.4) is 0 Å². The van der Waals surface area contributed by atoms with Gasteiger partial charge in [-0.05, 0) is 29.7 Å². The highest BCUT2D eigenvalue weighted by Crippen LogP contribution is 2.20. The molecule has 0 heterocycles. The molecule has 82 valence electrons. The quantitative estimate of drug-likeness (QED) is 0.772. The maximum absolute atomic E-state index is 10.8. The Morgan fingerprint density at radius 2 is 1.73 bits per heavy atom. The molecule has 15 heavy (non-hydrogen) atoms. The minimum atomic E-state index is -0.787. The first-order valence-electron chi connectivity index (χ1n) is 4.99. The molecule has 0 aliphatic heterocycles. The van der Waals surface area contributed by atoms with Gasteiger partial charge >= 0.3 is 5.97 Å². The molecule has 2 unspecified atom stereocenters. The van der Waals surface area contributed by atoms with Crippen LogP contribution in [-0.2, 0) is 4.79 Å². The van der Waals surface area contributed by atoms with Crippen molar-refractivity contribution in [2.24, 2.45) is 0 Å². The monoisotopic (exact) mass is 224 g/mol. The molecule has 0 radical (unpaired) electrons. The molecule has 0 saturated carbocycles. The van der Waals surface area contributed by atoms with Crippen molar-refractivity contribution in [3.05, 3.63) is 35.4 Å². The van der Waals surface area contributed by atoms with Crippen molar-refractivity contribution < 1.29 is 9.90 Å². The van der Waals surface area contributed by atoms with E-state index in [1.54, 1.807) is 6.92 Å². The van der Waals surface area contributed by atoms with Crippen LogP contribution < -0.4 is 0 Å². The second kappa shape index (κ2) is 5.21. The summed E-state index contributed by atoms with van der Waals surface area (Å²) in [6, 6.07) is 7.73. The van der Waals surface area contributed by atoms with Crippen LogP contribution in [0.15, 0.2) is 24.3 Å². The summed E-state index contributed by atoms with van der Waals surface area (Å²) in [5.41, 5.74) is 2.05. The van der Waals surface area contributed by atoms with Crippen molar-refractivity contribution in [2.75, 3.05) is 5.75 Å². The molecule has 0 bridgehead atoms. The molecule has 0 aliphatic carbocycles. The summed E-state index contributed by atoms with van der Waals surface area (Å²) in [6.45, 7) is 3.79. The highest BCUT2D eigenvalue weighted by atomic mass is 32.1. The van der Waals surface area contributed by atoms with Gasteiger partial charge in [0, 0.05) is 0 Å². The van der Waals surface area contributed by atoms with E-state index >= 15 is 0 Å². The Bertz CT molecular complexity index is 332. The Morgan fingerprint density at radius 1 is 1.27 bits per heavy atom. The minimum Gasteiger partial charge on any atom is -0.481 e. The van der Waals surface area contributed by atoms with E-state index in [1.165, 1.54) is 5.56 Å². The fourth-order valence-corrected chi connectivity index (χ4v) is 1.57. The van der Waals surface area contributed by atoms with Crippen molar-refractivity contribution >= 4 is 18.6 Å². The normalized spacial score (nSPS) is 14.6. The fourth-order valence-electron chi connectivity index (χ4n) is 1.36. The number of rotatable bonds is 4. The van der Waals surface area contributed by atoms with Gasteiger partial charge in [-0.3, -0.25) is 4.79 Å². The molecule has 0 aliphatic rings. The lowest BCUT2D eigenvalue weighted by Gasteiger charge is -2.11. The Balaban J connectivity index is 2.85. The number of benzene rings is 1. The van der Waals surface area contributed by atoms with Gasteiger partial charge < -0.3 is 5.11 Å². The number of thiol groups is 1. The molecule has 0 spiro atoms. The molecule has 2 nitrogen and oxygen atoms in total. The summed E-state index contributed by atoms with van der Waals surface area (Å²) in [5, 5.41) is 8.85. The summed E-state index contributed by atoms with van der Waals surface area (Å²) < 4.78 is 0. The Labute approximate surface area is 95.7 Å². The standard InChI is InChI=1S/C12H16O2S/c1-8(7-15)10-3-5-11(6-4-10)9(2)12(13)14/h3-6,8-9,15H,7H2,1-2H3,(H,13,14). The van der Waals surface area contributed by atoms with Gasteiger partial charge in [-0.2, -0.15) is 12.6 Å². The van der Waals surface area contributed by atoms with Crippen molar-refractivity contribution in [3.8, 4) is 0 Å². The first kappa shape index (κ1) is 12.1. The molecule has 0 saturated heterocycles. The molecule has 1 aromatic rings. The average Bonchev–Trinajstić information content (AvgIpc) is 2.27. The largest absolute Gasteiger partial charge is 0.481 e. The predicted molar refractivity (Wildman–Crippen MR) is 64.8 cm³/mol. The van der Waals surface area contributed by atoms with Gasteiger partial charge in [-0.15, -0.1) is 0 Å². The lowest BCUT2D eigenvalue weighted by molar-refractivity contribution is -0.138. The van der Waals surface area contributed by atoms with Gasteiger partial charge in [-0.1, -0.05) is 31.2 Å². The van der Waals surface area contributed by atoms with E-state index in [9.17, 15) is 4.79 Å². The van der Waals surface area contributed by atoms with Crippen LogP contribution >= 0.6 is 12.6 Å². The summed E-state index contributed by atoms with van der Waals surface area (Å²) in [7, 11) is 0. The van der Waals surface area contributed by atoms with Gasteiger partial charge in [0.2, 0.25) is 0 Å². The van der Waals surface area contributed by atoms with Gasteiger partial charge in [-0.25, -0.2) is 0 Å². The van der Waals surface area contributed by atoms with Crippen molar-refractivity contribution in [1.82, 2.24) is 0 Å². The maximum Gasteiger partial charge on any atom is 0.310 e.